The van der Waals surface area contributed by atoms with Crippen molar-refractivity contribution in [2.75, 3.05) is 12.0 Å². The largest absolute Gasteiger partial charge is 0.495 e. The molecular weight excluding hydrogens is 344 g/mol. The van der Waals surface area contributed by atoms with Crippen molar-refractivity contribution in [1.82, 2.24) is 5.32 Å². The first-order valence-corrected chi connectivity index (χ1v) is 8.53. The highest BCUT2D eigenvalue weighted by Crippen LogP contribution is 2.47. The lowest BCUT2D eigenvalue weighted by Crippen LogP contribution is -2.65. The molecule has 0 aliphatic carbocycles. The van der Waals surface area contributed by atoms with Crippen LogP contribution in [0.25, 0.3) is 0 Å². The van der Waals surface area contributed by atoms with Crippen molar-refractivity contribution in [3.05, 3.63) is 53.1 Å². The summed E-state index contributed by atoms with van der Waals surface area (Å²) < 4.78 is 11.9. The Morgan fingerprint density at radius 3 is 2.92 bits per heavy atom. The SMILES string of the molecule is COc1ccccc1N1C(=S)N[C@H]2C[C@@]1(C)Oc1ccc(Cl)cc12. The van der Waals surface area contributed by atoms with E-state index in [4.69, 9.17) is 33.3 Å². The molecule has 2 aromatic rings. The maximum Gasteiger partial charge on any atom is 0.188 e. The lowest BCUT2D eigenvalue weighted by atomic mass is 9.90. The lowest BCUT2D eigenvalue weighted by molar-refractivity contribution is 0.0494. The summed E-state index contributed by atoms with van der Waals surface area (Å²) in [7, 11) is 1.66. The molecule has 1 N–H and O–H groups in total. The molecule has 0 amide bonds. The lowest BCUT2D eigenvalue weighted by Gasteiger charge is -2.52. The van der Waals surface area contributed by atoms with Crippen LogP contribution >= 0.6 is 23.8 Å². The molecule has 2 bridgehead atoms. The molecule has 6 heteroatoms. The molecule has 0 saturated carbocycles. The van der Waals surface area contributed by atoms with Gasteiger partial charge in [0.25, 0.3) is 0 Å². The minimum absolute atomic E-state index is 0.0795. The van der Waals surface area contributed by atoms with Crippen molar-refractivity contribution >= 4 is 34.6 Å². The molecule has 124 valence electrons. The van der Waals surface area contributed by atoms with Gasteiger partial charge in [-0.25, -0.2) is 0 Å². The van der Waals surface area contributed by atoms with Crippen molar-refractivity contribution in [3.8, 4) is 11.5 Å². The molecule has 4 nitrogen and oxygen atoms in total. The Bertz CT molecular complexity index is 828. The van der Waals surface area contributed by atoms with Crippen LogP contribution in [0, 0.1) is 0 Å². The normalized spacial score (nSPS) is 24.7. The monoisotopic (exact) mass is 360 g/mol. The Kier molecular flexibility index (Phi) is 3.58. The van der Waals surface area contributed by atoms with Crippen LogP contribution in [0.1, 0.15) is 24.9 Å². The minimum atomic E-state index is -0.595. The van der Waals surface area contributed by atoms with Gasteiger partial charge in [0, 0.05) is 17.0 Å². The fraction of sp³-hybridized carbons (Fsp3) is 0.278. The first-order valence-electron chi connectivity index (χ1n) is 7.74. The summed E-state index contributed by atoms with van der Waals surface area (Å²) in [5, 5.41) is 4.73. The summed E-state index contributed by atoms with van der Waals surface area (Å²) in [5.41, 5.74) is 1.33. The van der Waals surface area contributed by atoms with E-state index in [1.54, 1.807) is 7.11 Å². The Hall–Kier alpha value is -1.98. The van der Waals surface area contributed by atoms with Crippen LogP contribution in [0.15, 0.2) is 42.5 Å². The van der Waals surface area contributed by atoms with E-state index >= 15 is 0 Å². The van der Waals surface area contributed by atoms with Crippen LogP contribution in [0.4, 0.5) is 5.69 Å². The third kappa shape index (κ3) is 2.31. The summed E-state index contributed by atoms with van der Waals surface area (Å²) in [4.78, 5) is 2.00. The first kappa shape index (κ1) is 15.5. The number of rotatable bonds is 2. The molecule has 2 heterocycles. The van der Waals surface area contributed by atoms with Gasteiger partial charge >= 0.3 is 0 Å². The van der Waals surface area contributed by atoms with Gasteiger partial charge in [0.05, 0.1) is 18.8 Å². The molecule has 1 fully saturated rings. The van der Waals surface area contributed by atoms with Crippen LogP contribution in [-0.4, -0.2) is 17.9 Å². The standard InChI is InChI=1S/C18H17ClN2O2S/c1-18-10-13(12-9-11(19)7-8-15(12)23-18)20-17(24)21(18)14-5-3-4-6-16(14)22-2/h3-9,13H,10H2,1-2H3,(H,20,24)/t13-,18+/m0/s1. The maximum atomic E-state index is 6.37. The summed E-state index contributed by atoms with van der Waals surface area (Å²) in [6, 6.07) is 13.6. The van der Waals surface area contributed by atoms with E-state index in [1.165, 1.54) is 0 Å². The second-order valence-corrected chi connectivity index (χ2v) is 7.00. The highest BCUT2D eigenvalue weighted by Gasteiger charge is 2.48. The predicted octanol–water partition coefficient (Wildman–Crippen LogP) is 4.28. The molecule has 0 unspecified atom stereocenters. The summed E-state index contributed by atoms with van der Waals surface area (Å²) in [6.45, 7) is 2.05. The summed E-state index contributed by atoms with van der Waals surface area (Å²) in [6.07, 6.45) is 0.749. The van der Waals surface area contributed by atoms with E-state index in [9.17, 15) is 0 Å². The Morgan fingerprint density at radius 2 is 2.12 bits per heavy atom. The zero-order chi connectivity index (χ0) is 16.9. The molecule has 1 saturated heterocycles. The molecule has 4 rings (SSSR count). The van der Waals surface area contributed by atoms with Gasteiger partial charge in [-0.1, -0.05) is 23.7 Å². The number of hydrogen-bond acceptors (Lipinski definition) is 3. The summed E-state index contributed by atoms with van der Waals surface area (Å²) >= 11 is 11.8. The Balaban J connectivity index is 1.82. The maximum absolute atomic E-state index is 6.37. The quantitative estimate of drug-likeness (QED) is 0.808. The number of benzene rings is 2. The van der Waals surface area contributed by atoms with E-state index in [0.29, 0.717) is 10.1 Å². The topological polar surface area (TPSA) is 33.7 Å². The number of halogens is 1. The minimum Gasteiger partial charge on any atom is -0.495 e. The summed E-state index contributed by atoms with van der Waals surface area (Å²) in [5.74, 6) is 1.58. The third-order valence-corrected chi connectivity index (χ3v) is 5.10. The van der Waals surface area contributed by atoms with E-state index in [0.717, 1.165) is 29.2 Å². The van der Waals surface area contributed by atoms with Gasteiger partial charge in [0.15, 0.2) is 10.8 Å². The van der Waals surface area contributed by atoms with E-state index in [1.807, 2.05) is 47.4 Å². The highest BCUT2D eigenvalue weighted by atomic mass is 35.5. The fourth-order valence-corrected chi connectivity index (χ4v) is 4.14. The fourth-order valence-electron chi connectivity index (χ4n) is 3.52. The van der Waals surface area contributed by atoms with Gasteiger partial charge in [-0.2, -0.15) is 0 Å². The van der Waals surface area contributed by atoms with Gasteiger partial charge in [-0.3, -0.25) is 4.90 Å². The van der Waals surface area contributed by atoms with Gasteiger partial charge in [0.1, 0.15) is 11.5 Å². The molecule has 0 spiro atoms. The van der Waals surface area contributed by atoms with Gasteiger partial charge in [-0.15, -0.1) is 0 Å². The van der Waals surface area contributed by atoms with Crippen molar-refractivity contribution in [3.63, 3.8) is 0 Å². The number of fused-ring (bicyclic) bond motifs is 4. The molecule has 24 heavy (non-hydrogen) atoms. The van der Waals surface area contributed by atoms with Gasteiger partial charge < -0.3 is 14.8 Å². The second kappa shape index (κ2) is 5.53. The number of hydrogen-bond donors (Lipinski definition) is 1. The van der Waals surface area contributed by atoms with Crippen LogP contribution in [0.2, 0.25) is 5.02 Å². The van der Waals surface area contributed by atoms with Gasteiger partial charge in [-0.05, 0) is 49.5 Å². The average molecular weight is 361 g/mol. The predicted molar refractivity (Wildman–Crippen MR) is 99.0 cm³/mol. The highest BCUT2D eigenvalue weighted by molar-refractivity contribution is 7.80. The van der Waals surface area contributed by atoms with E-state index < -0.39 is 5.72 Å². The number of para-hydroxylation sites is 2. The molecule has 2 aliphatic rings. The molecular formula is C18H17ClN2O2S. The van der Waals surface area contributed by atoms with Gasteiger partial charge in [0.2, 0.25) is 0 Å². The number of ether oxygens (including phenoxy) is 2. The third-order valence-electron chi connectivity index (χ3n) is 4.56. The van der Waals surface area contributed by atoms with Crippen LogP contribution < -0.4 is 19.7 Å². The smallest absolute Gasteiger partial charge is 0.188 e. The Morgan fingerprint density at radius 1 is 1.33 bits per heavy atom. The zero-order valence-corrected chi connectivity index (χ0v) is 14.9. The van der Waals surface area contributed by atoms with Crippen LogP contribution in [0.3, 0.4) is 0 Å². The molecule has 0 aromatic heterocycles. The van der Waals surface area contributed by atoms with Crippen molar-refractivity contribution in [1.29, 1.82) is 0 Å². The zero-order valence-electron chi connectivity index (χ0n) is 13.4. The number of nitrogens with one attached hydrogen (secondary N) is 1. The molecule has 2 atom stereocenters. The number of methoxy groups -OCH3 is 1. The molecule has 0 radical (unpaired) electrons. The van der Waals surface area contributed by atoms with Crippen molar-refractivity contribution < 1.29 is 9.47 Å². The van der Waals surface area contributed by atoms with Crippen molar-refractivity contribution in [2.24, 2.45) is 0 Å². The van der Waals surface area contributed by atoms with Crippen LogP contribution in [0.5, 0.6) is 11.5 Å². The number of thiocarbonyl (C=S) groups is 1. The second-order valence-electron chi connectivity index (χ2n) is 6.17. The van der Waals surface area contributed by atoms with E-state index in [-0.39, 0.29) is 6.04 Å². The Labute approximate surface area is 151 Å². The number of anilines is 1. The molecule has 2 aliphatic heterocycles. The molecule has 2 aromatic carbocycles. The average Bonchev–Trinajstić information content (AvgIpc) is 2.55. The first-order chi connectivity index (χ1) is 11.5. The van der Waals surface area contributed by atoms with E-state index in [2.05, 4.69) is 12.2 Å². The van der Waals surface area contributed by atoms with Crippen LogP contribution in [-0.2, 0) is 0 Å². The van der Waals surface area contributed by atoms with Crippen molar-refractivity contribution in [2.45, 2.75) is 25.1 Å². The number of nitrogens with zero attached hydrogens (tertiary/aromatic N) is 1.